The van der Waals surface area contributed by atoms with Crippen LogP contribution >= 0.6 is 39.0 Å². The van der Waals surface area contributed by atoms with E-state index in [1.807, 2.05) is 24.3 Å². The lowest BCUT2D eigenvalue weighted by molar-refractivity contribution is -0.113. The maximum Gasteiger partial charge on any atom is 0.234 e. The summed E-state index contributed by atoms with van der Waals surface area (Å²) >= 11 is 6.53. The molecule has 0 spiro atoms. The third-order valence-electron chi connectivity index (χ3n) is 3.94. The van der Waals surface area contributed by atoms with Gasteiger partial charge < -0.3 is 9.88 Å². The van der Waals surface area contributed by atoms with E-state index in [0.29, 0.717) is 5.92 Å². The van der Waals surface area contributed by atoms with E-state index in [2.05, 4.69) is 68.2 Å². The number of carbonyl (C=O) groups excluding carboxylic acids is 1. The van der Waals surface area contributed by atoms with Gasteiger partial charge in [0.2, 0.25) is 5.91 Å². The van der Waals surface area contributed by atoms with Crippen molar-refractivity contribution in [3.63, 3.8) is 0 Å². The molecule has 2 heterocycles. The highest BCUT2D eigenvalue weighted by Gasteiger charge is 2.16. The summed E-state index contributed by atoms with van der Waals surface area (Å²) in [4.78, 5) is 13.6. The monoisotopic (exact) mass is 464 g/mol. The van der Waals surface area contributed by atoms with Crippen molar-refractivity contribution in [3.8, 4) is 11.4 Å². The molecule has 0 radical (unpaired) electrons. The number of halogens is 1. The molecule has 27 heavy (non-hydrogen) atoms. The van der Waals surface area contributed by atoms with Crippen molar-refractivity contribution in [1.82, 2.24) is 14.8 Å². The molecule has 1 aromatic carbocycles. The molecule has 0 atom stereocenters. The molecule has 1 N–H and O–H groups in total. The quantitative estimate of drug-likeness (QED) is 0.459. The first kappa shape index (κ1) is 20.1. The summed E-state index contributed by atoms with van der Waals surface area (Å²) in [5.41, 5.74) is 1.87. The van der Waals surface area contributed by atoms with Crippen molar-refractivity contribution in [3.05, 3.63) is 45.1 Å². The zero-order chi connectivity index (χ0) is 19.4. The van der Waals surface area contributed by atoms with Crippen LogP contribution in [0.1, 0.15) is 31.6 Å². The fourth-order valence-electron chi connectivity index (χ4n) is 2.53. The fourth-order valence-corrected chi connectivity index (χ4v) is 4.50. The van der Waals surface area contributed by atoms with Gasteiger partial charge in [-0.3, -0.25) is 4.79 Å². The lowest BCUT2D eigenvalue weighted by Crippen LogP contribution is -2.14. The van der Waals surface area contributed by atoms with Crippen molar-refractivity contribution in [1.29, 1.82) is 0 Å². The molecule has 3 rings (SSSR count). The number of hydrogen-bond donors (Lipinski definition) is 1. The van der Waals surface area contributed by atoms with Crippen molar-refractivity contribution in [2.75, 3.05) is 11.1 Å². The van der Waals surface area contributed by atoms with Gasteiger partial charge in [-0.2, -0.15) is 0 Å². The lowest BCUT2D eigenvalue weighted by atomic mass is 10.1. The minimum atomic E-state index is -0.0628. The second-order valence-corrected chi connectivity index (χ2v) is 9.09. The molecule has 3 aromatic rings. The van der Waals surface area contributed by atoms with Crippen LogP contribution < -0.4 is 5.32 Å². The molecule has 1 amide bonds. The summed E-state index contributed by atoms with van der Waals surface area (Å²) in [5, 5.41) is 14.4. The third-order valence-corrected chi connectivity index (χ3v) is 6.67. The number of amides is 1. The molecule has 0 aliphatic carbocycles. The highest BCUT2D eigenvalue weighted by Crippen LogP contribution is 2.31. The van der Waals surface area contributed by atoms with E-state index in [0.717, 1.165) is 33.2 Å². The summed E-state index contributed by atoms with van der Waals surface area (Å²) in [5.74, 6) is 1.58. The Morgan fingerprint density at radius 3 is 2.67 bits per heavy atom. The van der Waals surface area contributed by atoms with Crippen molar-refractivity contribution >= 4 is 50.6 Å². The van der Waals surface area contributed by atoms with Crippen molar-refractivity contribution < 1.29 is 4.79 Å². The number of anilines is 1. The number of hydrogen-bond acceptors (Lipinski definition) is 5. The summed E-state index contributed by atoms with van der Waals surface area (Å²) < 4.78 is 3.04. The molecule has 2 aromatic heterocycles. The van der Waals surface area contributed by atoms with E-state index < -0.39 is 0 Å². The molecule has 0 aliphatic rings. The Morgan fingerprint density at radius 2 is 2.04 bits per heavy atom. The van der Waals surface area contributed by atoms with E-state index in [9.17, 15) is 4.79 Å². The smallest absolute Gasteiger partial charge is 0.234 e. The molecule has 142 valence electrons. The van der Waals surface area contributed by atoms with Crippen LogP contribution in [0.3, 0.4) is 0 Å². The maximum atomic E-state index is 12.2. The molecule has 0 fully saturated rings. The van der Waals surface area contributed by atoms with Crippen LogP contribution in [-0.2, 0) is 11.3 Å². The lowest BCUT2D eigenvalue weighted by Gasteiger charge is -2.07. The van der Waals surface area contributed by atoms with Crippen LogP contribution in [-0.4, -0.2) is 26.4 Å². The largest absolute Gasteiger partial charge is 0.325 e. The van der Waals surface area contributed by atoms with Gasteiger partial charge in [-0.05, 0) is 43.2 Å². The Morgan fingerprint density at radius 1 is 1.30 bits per heavy atom. The van der Waals surface area contributed by atoms with Crippen LogP contribution in [0.4, 0.5) is 5.69 Å². The van der Waals surface area contributed by atoms with Crippen LogP contribution in [0.25, 0.3) is 11.4 Å². The van der Waals surface area contributed by atoms with E-state index >= 15 is 0 Å². The summed E-state index contributed by atoms with van der Waals surface area (Å²) in [6.07, 6.45) is 0. The van der Waals surface area contributed by atoms with Gasteiger partial charge in [0.1, 0.15) is 0 Å². The first-order chi connectivity index (χ1) is 13.0. The number of aromatic nitrogens is 3. The van der Waals surface area contributed by atoms with Gasteiger partial charge in [0.25, 0.3) is 0 Å². The third kappa shape index (κ3) is 5.00. The number of thioether (sulfide) groups is 1. The first-order valence-corrected chi connectivity index (χ1v) is 11.3. The first-order valence-electron chi connectivity index (χ1n) is 8.68. The normalized spacial score (nSPS) is 11.1. The summed E-state index contributed by atoms with van der Waals surface area (Å²) in [6, 6.07) is 9.70. The van der Waals surface area contributed by atoms with Crippen LogP contribution in [0, 0.1) is 0 Å². The number of nitrogens with one attached hydrogen (secondary N) is 1. The van der Waals surface area contributed by atoms with Gasteiger partial charge in [0.15, 0.2) is 11.0 Å². The maximum absolute atomic E-state index is 12.2. The van der Waals surface area contributed by atoms with Gasteiger partial charge in [-0.15, -0.1) is 21.5 Å². The Balaban J connectivity index is 1.67. The van der Waals surface area contributed by atoms with Crippen molar-refractivity contribution in [2.24, 2.45) is 0 Å². The Bertz CT molecular complexity index is 918. The number of rotatable bonds is 7. The topological polar surface area (TPSA) is 59.8 Å². The second kappa shape index (κ2) is 9.03. The highest BCUT2D eigenvalue weighted by atomic mass is 79.9. The molecule has 8 heteroatoms. The van der Waals surface area contributed by atoms with E-state index in [-0.39, 0.29) is 11.7 Å². The molecule has 0 unspecified atom stereocenters. The molecule has 5 nitrogen and oxygen atoms in total. The molecular weight excluding hydrogens is 444 g/mol. The Kier molecular flexibility index (Phi) is 6.73. The Labute approximate surface area is 175 Å². The van der Waals surface area contributed by atoms with Gasteiger partial charge in [-0.25, -0.2) is 0 Å². The zero-order valence-electron chi connectivity index (χ0n) is 15.4. The molecule has 0 saturated heterocycles. The second-order valence-electron chi connectivity index (χ2n) is 6.29. The highest BCUT2D eigenvalue weighted by molar-refractivity contribution is 9.10. The number of carbonyl (C=O) groups is 1. The van der Waals surface area contributed by atoms with Gasteiger partial charge in [0.05, 0.1) is 5.75 Å². The minimum absolute atomic E-state index is 0.0628. The summed E-state index contributed by atoms with van der Waals surface area (Å²) in [7, 11) is 0. The van der Waals surface area contributed by atoms with E-state index in [1.165, 1.54) is 16.6 Å². The zero-order valence-corrected chi connectivity index (χ0v) is 18.6. The predicted octanol–water partition coefficient (Wildman–Crippen LogP) is 5.64. The SMILES string of the molecule is CCn1c(SCC(=O)Nc2ccc(Br)cc2)nnc1-c1csc(C(C)C)c1. The minimum Gasteiger partial charge on any atom is -0.325 e. The molecule has 0 bridgehead atoms. The average Bonchev–Trinajstić information content (AvgIpc) is 3.28. The number of nitrogens with zero attached hydrogens (tertiary/aromatic N) is 3. The molecule has 0 saturated carbocycles. The number of benzene rings is 1. The van der Waals surface area contributed by atoms with Gasteiger partial charge in [-0.1, -0.05) is 41.5 Å². The van der Waals surface area contributed by atoms with Gasteiger partial charge >= 0.3 is 0 Å². The standard InChI is InChI=1S/C19H21BrN4OS2/c1-4-24-18(13-9-16(12(2)3)26-10-13)22-23-19(24)27-11-17(25)21-15-7-5-14(20)6-8-15/h5-10,12H,4,11H2,1-3H3,(H,21,25). The van der Waals surface area contributed by atoms with Crippen LogP contribution in [0.2, 0.25) is 0 Å². The van der Waals surface area contributed by atoms with E-state index in [1.54, 1.807) is 11.3 Å². The fraction of sp³-hybridized carbons (Fsp3) is 0.316. The summed E-state index contributed by atoms with van der Waals surface area (Å²) in [6.45, 7) is 7.19. The van der Waals surface area contributed by atoms with Crippen molar-refractivity contribution in [2.45, 2.75) is 38.4 Å². The molecular formula is C19H21BrN4OS2. The van der Waals surface area contributed by atoms with E-state index in [4.69, 9.17) is 0 Å². The van der Waals surface area contributed by atoms with Crippen LogP contribution in [0.15, 0.2) is 45.3 Å². The van der Waals surface area contributed by atoms with Crippen LogP contribution in [0.5, 0.6) is 0 Å². The average molecular weight is 465 g/mol. The van der Waals surface area contributed by atoms with Gasteiger partial charge in [0, 0.05) is 32.5 Å². The molecule has 0 aliphatic heterocycles. The number of thiophene rings is 1. The predicted molar refractivity (Wildman–Crippen MR) is 117 cm³/mol. The Hall–Kier alpha value is -1.64.